The van der Waals surface area contributed by atoms with Gasteiger partial charge in [-0.25, -0.2) is 8.78 Å². The first-order valence-electron chi connectivity index (χ1n) is 13.2. The summed E-state index contributed by atoms with van der Waals surface area (Å²) >= 11 is 0. The third-order valence-corrected chi connectivity index (χ3v) is 9.01. The fourth-order valence-corrected chi connectivity index (χ4v) is 7.11. The van der Waals surface area contributed by atoms with Crippen LogP contribution >= 0.6 is 0 Å². The minimum atomic E-state index is -2.77. The molecule has 1 saturated heterocycles. The van der Waals surface area contributed by atoms with Crippen molar-refractivity contribution in [2.75, 3.05) is 27.2 Å². The lowest BCUT2D eigenvalue weighted by atomic mass is 9.58. The summed E-state index contributed by atoms with van der Waals surface area (Å²) in [5, 5.41) is 45.3. The molecule has 6 N–H and O–H groups in total. The number of ketones is 2. The predicted octanol–water partition coefficient (Wildman–Crippen LogP) is 1.57. The highest BCUT2D eigenvalue weighted by atomic mass is 19.1. The largest absolute Gasteiger partial charge is 0.510 e. The standard InChI is InChI=1S/C29H29F2N3O7/c1-33(2)22-17-7-12-6-16-19(24(36)18(12)26(38)29(17,41)27(39)20(25(22)37)28(32)40)23(35)15-5-11(3-4-14(15)21(16)31)8-34-9-13(30)10-34/h3-5,12-13,17,22,35,37-38,41H,6-10H2,1-2H3,(H2,32,40)/t12-,17-,22-,29-/m0/s1. The van der Waals surface area contributed by atoms with Gasteiger partial charge < -0.3 is 26.2 Å². The third kappa shape index (κ3) is 3.67. The number of likely N-dealkylation sites (tertiary alicyclic amines) is 1. The molecule has 1 amide bonds. The number of hydrogen-bond acceptors (Lipinski definition) is 9. The molecule has 6 rings (SSSR count). The van der Waals surface area contributed by atoms with Gasteiger partial charge in [0.2, 0.25) is 5.78 Å². The summed E-state index contributed by atoms with van der Waals surface area (Å²) in [5.74, 6) is -8.59. The molecule has 0 aromatic heterocycles. The minimum Gasteiger partial charge on any atom is -0.510 e. The maximum atomic E-state index is 15.9. The van der Waals surface area contributed by atoms with Crippen LogP contribution in [0.3, 0.4) is 0 Å². The predicted molar refractivity (Wildman–Crippen MR) is 141 cm³/mol. The van der Waals surface area contributed by atoms with Gasteiger partial charge in [-0.1, -0.05) is 12.1 Å². The molecule has 4 aliphatic rings. The van der Waals surface area contributed by atoms with Gasteiger partial charge in [0, 0.05) is 47.5 Å². The van der Waals surface area contributed by atoms with Gasteiger partial charge in [0.25, 0.3) is 5.91 Å². The number of aliphatic hydroxyl groups excluding tert-OH is 2. The second kappa shape index (κ2) is 9.07. The van der Waals surface area contributed by atoms with Crippen molar-refractivity contribution in [2.24, 2.45) is 17.6 Å². The van der Waals surface area contributed by atoms with E-state index < -0.39 is 75.8 Å². The number of alkyl halides is 1. The number of aromatic hydroxyl groups is 1. The van der Waals surface area contributed by atoms with E-state index in [2.05, 4.69) is 0 Å². The van der Waals surface area contributed by atoms with Crippen LogP contribution in [0.25, 0.3) is 10.8 Å². The summed E-state index contributed by atoms with van der Waals surface area (Å²) in [4.78, 5) is 42.6. The van der Waals surface area contributed by atoms with Gasteiger partial charge >= 0.3 is 0 Å². The molecule has 0 unspecified atom stereocenters. The number of amides is 1. The Hall–Kier alpha value is -3.87. The number of primary amides is 1. The number of rotatable bonds is 4. The molecule has 1 aliphatic heterocycles. The minimum absolute atomic E-state index is 0.0562. The fraction of sp³-hybridized carbons (Fsp3) is 0.414. The maximum Gasteiger partial charge on any atom is 0.255 e. The van der Waals surface area contributed by atoms with E-state index in [0.29, 0.717) is 12.1 Å². The zero-order chi connectivity index (χ0) is 29.7. The van der Waals surface area contributed by atoms with Crippen molar-refractivity contribution in [1.82, 2.24) is 9.80 Å². The lowest BCUT2D eigenvalue weighted by Gasteiger charge is -2.50. The average Bonchev–Trinajstić information content (AvgIpc) is 2.88. The number of nitrogens with two attached hydrogens (primary N) is 1. The number of aliphatic hydroxyl groups is 3. The Labute approximate surface area is 232 Å². The Morgan fingerprint density at radius 1 is 1.17 bits per heavy atom. The Kier molecular flexibility index (Phi) is 6.04. The summed E-state index contributed by atoms with van der Waals surface area (Å²) in [6, 6.07) is 3.56. The molecular formula is C29H29F2N3O7. The summed E-state index contributed by atoms with van der Waals surface area (Å²) in [7, 11) is 3.06. The van der Waals surface area contributed by atoms with E-state index >= 15 is 4.39 Å². The van der Waals surface area contributed by atoms with Gasteiger partial charge in [-0.2, -0.15) is 0 Å². The molecule has 0 saturated carbocycles. The van der Waals surface area contributed by atoms with Gasteiger partial charge in [-0.15, -0.1) is 0 Å². The van der Waals surface area contributed by atoms with E-state index in [1.54, 1.807) is 6.07 Å². The van der Waals surface area contributed by atoms with Crippen LogP contribution in [0.2, 0.25) is 0 Å². The Bertz CT molecular complexity index is 1630. The number of carbonyl (C=O) groups is 3. The first-order chi connectivity index (χ1) is 19.3. The van der Waals surface area contributed by atoms with Crippen LogP contribution in [0.4, 0.5) is 8.78 Å². The number of carbonyl (C=O) groups excluding carboxylic acids is 3. The van der Waals surface area contributed by atoms with Crippen LogP contribution in [0.1, 0.15) is 27.9 Å². The number of allylic oxidation sites excluding steroid dienone is 1. The van der Waals surface area contributed by atoms with E-state index in [1.165, 1.54) is 31.1 Å². The lowest BCUT2D eigenvalue weighted by Crippen LogP contribution is -2.63. The molecule has 41 heavy (non-hydrogen) atoms. The number of nitrogens with zero attached hydrogens (tertiary/aromatic N) is 2. The Morgan fingerprint density at radius 2 is 1.85 bits per heavy atom. The second-order valence-electron chi connectivity index (χ2n) is 11.7. The molecule has 12 heteroatoms. The van der Waals surface area contributed by atoms with Gasteiger partial charge in [-0.05, 0) is 44.5 Å². The molecule has 4 atom stereocenters. The van der Waals surface area contributed by atoms with Crippen molar-refractivity contribution in [3.63, 3.8) is 0 Å². The normalized spacial score (nSPS) is 28.6. The van der Waals surface area contributed by atoms with Crippen molar-refractivity contribution in [2.45, 2.75) is 37.2 Å². The molecule has 216 valence electrons. The third-order valence-electron chi connectivity index (χ3n) is 9.01. The molecule has 0 bridgehead atoms. The van der Waals surface area contributed by atoms with Crippen LogP contribution in [0, 0.1) is 17.7 Å². The van der Waals surface area contributed by atoms with Gasteiger partial charge in [0.15, 0.2) is 11.4 Å². The van der Waals surface area contributed by atoms with Crippen molar-refractivity contribution >= 4 is 28.2 Å². The molecule has 1 heterocycles. The molecule has 2 aromatic rings. The van der Waals surface area contributed by atoms with Crippen molar-refractivity contribution in [3.05, 3.63) is 63.4 Å². The summed E-state index contributed by atoms with van der Waals surface area (Å²) in [5.41, 5.74) is 1.54. The number of fused-ring (bicyclic) bond motifs is 4. The van der Waals surface area contributed by atoms with E-state index in [-0.39, 0.29) is 53.4 Å². The van der Waals surface area contributed by atoms with E-state index in [9.17, 15) is 39.2 Å². The maximum absolute atomic E-state index is 15.9. The van der Waals surface area contributed by atoms with Gasteiger partial charge in [0.1, 0.15) is 34.8 Å². The van der Waals surface area contributed by atoms with Crippen LogP contribution in [0.5, 0.6) is 5.75 Å². The van der Waals surface area contributed by atoms with Gasteiger partial charge in [0.05, 0.1) is 11.6 Å². The van der Waals surface area contributed by atoms with Crippen LogP contribution < -0.4 is 5.73 Å². The molecule has 1 fully saturated rings. The molecule has 2 aromatic carbocycles. The molecule has 3 aliphatic carbocycles. The number of Topliss-reactive ketones (excluding diaryl/α,β-unsaturated/α-hetero) is 2. The zero-order valence-corrected chi connectivity index (χ0v) is 22.3. The molecule has 10 nitrogen and oxygen atoms in total. The van der Waals surface area contributed by atoms with Crippen LogP contribution in [-0.2, 0) is 22.6 Å². The van der Waals surface area contributed by atoms with Crippen LogP contribution in [0.15, 0.2) is 40.9 Å². The molecular weight excluding hydrogens is 540 g/mol. The average molecular weight is 570 g/mol. The lowest BCUT2D eigenvalue weighted by molar-refractivity contribution is -0.148. The number of likely N-dealkylation sites (N-methyl/N-ethyl adjacent to an activating group) is 1. The smallest absolute Gasteiger partial charge is 0.255 e. The molecule has 0 radical (unpaired) electrons. The fourth-order valence-electron chi connectivity index (χ4n) is 7.11. The highest BCUT2D eigenvalue weighted by Crippen LogP contribution is 2.53. The van der Waals surface area contributed by atoms with Crippen LogP contribution in [-0.4, -0.2) is 92.7 Å². The highest BCUT2D eigenvalue weighted by Gasteiger charge is 2.63. The van der Waals surface area contributed by atoms with Crippen molar-refractivity contribution in [3.8, 4) is 5.75 Å². The molecule has 0 spiro atoms. The van der Waals surface area contributed by atoms with E-state index in [1.807, 2.05) is 4.90 Å². The number of benzene rings is 2. The zero-order valence-electron chi connectivity index (χ0n) is 22.3. The number of halogens is 2. The summed E-state index contributed by atoms with van der Waals surface area (Å²) < 4.78 is 29.2. The number of phenols is 1. The first kappa shape index (κ1) is 27.3. The quantitative estimate of drug-likeness (QED) is 0.344. The monoisotopic (exact) mass is 569 g/mol. The van der Waals surface area contributed by atoms with Crippen molar-refractivity contribution in [1.29, 1.82) is 0 Å². The summed E-state index contributed by atoms with van der Waals surface area (Å²) in [6.45, 7) is 0.887. The summed E-state index contributed by atoms with van der Waals surface area (Å²) in [6.07, 6.45) is -1.18. The number of phenolic OH excluding ortho intramolecular Hbond substituents is 1. The van der Waals surface area contributed by atoms with E-state index in [0.717, 1.165) is 0 Å². The number of hydrogen-bond donors (Lipinski definition) is 5. The topological polar surface area (TPSA) is 165 Å². The first-order valence-corrected chi connectivity index (χ1v) is 13.2. The Balaban J connectivity index is 1.50. The second-order valence-corrected chi connectivity index (χ2v) is 11.7. The highest BCUT2D eigenvalue weighted by molar-refractivity contribution is 6.25. The Morgan fingerprint density at radius 3 is 2.46 bits per heavy atom. The van der Waals surface area contributed by atoms with E-state index in [4.69, 9.17) is 5.73 Å². The SMILES string of the molecule is CN(C)[C@@H]1C(O)=C(C(N)=O)C(=O)[C@@]2(O)C(O)=C3C(=O)c4c(c(F)c5ccc(CN6CC(F)C6)cc5c4O)C[C@H]3C[C@@H]12. The van der Waals surface area contributed by atoms with Crippen molar-refractivity contribution < 1.29 is 43.6 Å². The van der Waals surface area contributed by atoms with Gasteiger partial charge in [-0.3, -0.25) is 24.2 Å².